The minimum Gasteiger partial charge on any atom is -0.488 e. The number of aliphatic imine (C=N–C) groups is 1. The summed E-state index contributed by atoms with van der Waals surface area (Å²) in [4.78, 5) is 4.26. The number of benzene rings is 2. The summed E-state index contributed by atoms with van der Waals surface area (Å²) in [6.45, 7) is 4.40. The van der Waals surface area contributed by atoms with Crippen LogP contribution >= 0.6 is 0 Å². The number of nitrogens with two attached hydrogens (primary N) is 1. The molecule has 0 spiro atoms. The van der Waals surface area contributed by atoms with Crippen LogP contribution in [0.1, 0.15) is 16.7 Å². The first-order chi connectivity index (χ1) is 9.74. The van der Waals surface area contributed by atoms with Gasteiger partial charge in [-0.2, -0.15) is 0 Å². The van der Waals surface area contributed by atoms with Crippen LogP contribution in [-0.2, 0) is 13.0 Å². The molecular weight excluding hydrogens is 248 g/mol. The lowest BCUT2D eigenvalue weighted by Gasteiger charge is -2.19. The molecule has 0 radical (unpaired) electrons. The van der Waals surface area contributed by atoms with E-state index in [1.165, 1.54) is 0 Å². The predicted octanol–water partition coefficient (Wildman–Crippen LogP) is 3.04. The highest BCUT2D eigenvalue weighted by atomic mass is 16.5. The molecule has 2 aromatic rings. The molecule has 3 nitrogen and oxygen atoms in total. The number of hydrogen-bond acceptors (Lipinski definition) is 3. The lowest BCUT2D eigenvalue weighted by atomic mass is 9.99. The molecule has 20 heavy (non-hydrogen) atoms. The Morgan fingerprint density at radius 2 is 1.90 bits per heavy atom. The first-order valence-corrected chi connectivity index (χ1v) is 6.55. The molecule has 1 heterocycles. The summed E-state index contributed by atoms with van der Waals surface area (Å²) in [6, 6.07) is 16.0. The number of rotatable bonds is 3. The average Bonchev–Trinajstić information content (AvgIpc) is 2.45. The molecule has 0 fully saturated rings. The topological polar surface area (TPSA) is 47.6 Å². The van der Waals surface area contributed by atoms with Crippen LogP contribution in [-0.4, -0.2) is 5.84 Å². The normalized spacial score (nSPS) is 13.6. The monoisotopic (exact) mass is 264 g/mol. The van der Waals surface area contributed by atoms with E-state index < -0.39 is 0 Å². The Labute approximate surface area is 118 Å². The van der Waals surface area contributed by atoms with Gasteiger partial charge >= 0.3 is 0 Å². The van der Waals surface area contributed by atoms with Crippen LogP contribution in [0, 0.1) is 0 Å². The van der Waals surface area contributed by atoms with E-state index in [0.717, 1.165) is 34.6 Å². The van der Waals surface area contributed by atoms with Gasteiger partial charge in [0.1, 0.15) is 18.2 Å². The predicted molar refractivity (Wildman–Crippen MR) is 80.8 cm³/mol. The van der Waals surface area contributed by atoms with E-state index in [1.54, 1.807) is 0 Å². The summed E-state index contributed by atoms with van der Waals surface area (Å²) < 4.78 is 5.91. The van der Waals surface area contributed by atoms with Crippen molar-refractivity contribution in [1.82, 2.24) is 0 Å². The van der Waals surface area contributed by atoms with Gasteiger partial charge in [-0.05, 0) is 17.2 Å². The summed E-state index contributed by atoms with van der Waals surface area (Å²) in [7, 11) is 0. The Balaban J connectivity index is 1.88. The maximum atomic E-state index is 6.02. The van der Waals surface area contributed by atoms with Crippen LogP contribution in [0.25, 0.3) is 0 Å². The standard InChI is InChI=1S/C17H16N2O/c1-12-10-14-8-5-9-15(16(14)17(18)19-12)20-11-13-6-3-2-4-7-13/h2-9H,1,10-11H2,(H2,18,19). The molecule has 1 aliphatic rings. The molecule has 0 aromatic heterocycles. The van der Waals surface area contributed by atoms with Gasteiger partial charge in [0, 0.05) is 12.1 Å². The van der Waals surface area contributed by atoms with Gasteiger partial charge in [0.05, 0.1) is 5.56 Å². The lowest BCUT2D eigenvalue weighted by Crippen LogP contribution is -2.21. The summed E-state index contributed by atoms with van der Waals surface area (Å²) in [5, 5.41) is 0. The fourth-order valence-electron chi connectivity index (χ4n) is 2.36. The highest BCUT2D eigenvalue weighted by Gasteiger charge is 2.18. The smallest absolute Gasteiger partial charge is 0.134 e. The van der Waals surface area contributed by atoms with Gasteiger partial charge in [0.25, 0.3) is 0 Å². The SMILES string of the molecule is C=C1Cc2cccc(OCc3ccccc3)c2C(N)=N1. The minimum absolute atomic E-state index is 0.486. The van der Waals surface area contributed by atoms with E-state index in [1.807, 2.05) is 48.5 Å². The van der Waals surface area contributed by atoms with E-state index in [0.29, 0.717) is 12.4 Å². The van der Waals surface area contributed by atoms with Crippen molar-refractivity contribution < 1.29 is 4.74 Å². The quantitative estimate of drug-likeness (QED) is 0.926. The maximum absolute atomic E-state index is 6.02. The van der Waals surface area contributed by atoms with Crippen LogP contribution in [0.15, 0.2) is 65.8 Å². The Morgan fingerprint density at radius 3 is 2.70 bits per heavy atom. The van der Waals surface area contributed by atoms with Gasteiger partial charge in [0.15, 0.2) is 0 Å². The van der Waals surface area contributed by atoms with Crippen LogP contribution in [0.4, 0.5) is 0 Å². The van der Waals surface area contributed by atoms with Gasteiger partial charge in [-0.3, -0.25) is 0 Å². The number of hydrogen-bond donors (Lipinski definition) is 1. The van der Waals surface area contributed by atoms with Gasteiger partial charge in [-0.1, -0.05) is 49.0 Å². The third kappa shape index (κ3) is 2.43. The van der Waals surface area contributed by atoms with Crippen molar-refractivity contribution in [3.63, 3.8) is 0 Å². The van der Waals surface area contributed by atoms with Crippen molar-refractivity contribution in [1.29, 1.82) is 0 Å². The molecule has 0 aliphatic carbocycles. The Bertz CT molecular complexity index is 675. The number of allylic oxidation sites excluding steroid dienone is 1. The van der Waals surface area contributed by atoms with Crippen molar-refractivity contribution in [3.05, 3.63) is 77.5 Å². The van der Waals surface area contributed by atoms with E-state index >= 15 is 0 Å². The largest absolute Gasteiger partial charge is 0.488 e. The van der Waals surface area contributed by atoms with E-state index in [2.05, 4.69) is 11.6 Å². The van der Waals surface area contributed by atoms with Gasteiger partial charge in [0.2, 0.25) is 0 Å². The van der Waals surface area contributed by atoms with Crippen LogP contribution in [0.5, 0.6) is 5.75 Å². The van der Waals surface area contributed by atoms with Crippen LogP contribution in [0.3, 0.4) is 0 Å². The highest BCUT2D eigenvalue weighted by molar-refractivity contribution is 6.03. The molecule has 100 valence electrons. The Kier molecular flexibility index (Phi) is 3.25. The summed E-state index contributed by atoms with van der Waals surface area (Å²) in [6.07, 6.45) is 0.721. The first-order valence-electron chi connectivity index (χ1n) is 6.55. The average molecular weight is 264 g/mol. The minimum atomic E-state index is 0.486. The van der Waals surface area contributed by atoms with Crippen molar-refractivity contribution in [2.45, 2.75) is 13.0 Å². The first kappa shape index (κ1) is 12.5. The second-order valence-electron chi connectivity index (χ2n) is 4.80. The molecule has 2 N–H and O–H groups in total. The molecule has 0 amide bonds. The fraction of sp³-hybridized carbons (Fsp3) is 0.118. The van der Waals surface area contributed by atoms with E-state index in [9.17, 15) is 0 Å². The second-order valence-corrected chi connectivity index (χ2v) is 4.80. The molecule has 0 unspecified atom stereocenters. The molecule has 3 heteroatoms. The Hall–Kier alpha value is -2.55. The van der Waals surface area contributed by atoms with Gasteiger partial charge in [-0.15, -0.1) is 0 Å². The van der Waals surface area contributed by atoms with Gasteiger partial charge in [-0.25, -0.2) is 4.99 Å². The molecule has 1 aliphatic heterocycles. The highest BCUT2D eigenvalue weighted by Crippen LogP contribution is 2.28. The molecule has 0 atom stereocenters. The fourth-order valence-corrected chi connectivity index (χ4v) is 2.36. The van der Waals surface area contributed by atoms with Crippen molar-refractivity contribution in [2.24, 2.45) is 10.7 Å². The maximum Gasteiger partial charge on any atom is 0.134 e. The zero-order valence-electron chi connectivity index (χ0n) is 11.2. The summed E-state index contributed by atoms with van der Waals surface area (Å²) in [5.74, 6) is 1.26. The second kappa shape index (κ2) is 5.21. The third-order valence-electron chi connectivity index (χ3n) is 3.28. The molecule has 0 saturated carbocycles. The molecule has 0 bridgehead atoms. The van der Waals surface area contributed by atoms with Crippen molar-refractivity contribution in [3.8, 4) is 5.75 Å². The number of ether oxygens (including phenoxy) is 1. The van der Waals surface area contributed by atoms with Crippen LogP contribution in [0.2, 0.25) is 0 Å². The zero-order valence-corrected chi connectivity index (χ0v) is 11.2. The third-order valence-corrected chi connectivity index (χ3v) is 3.28. The lowest BCUT2D eigenvalue weighted by molar-refractivity contribution is 0.305. The van der Waals surface area contributed by atoms with Crippen molar-refractivity contribution >= 4 is 5.84 Å². The van der Waals surface area contributed by atoms with Gasteiger partial charge < -0.3 is 10.5 Å². The molecule has 3 rings (SSSR count). The van der Waals surface area contributed by atoms with Crippen LogP contribution < -0.4 is 10.5 Å². The number of fused-ring (bicyclic) bond motifs is 1. The van der Waals surface area contributed by atoms with Crippen molar-refractivity contribution in [2.75, 3.05) is 0 Å². The summed E-state index contributed by atoms with van der Waals surface area (Å²) >= 11 is 0. The number of amidine groups is 1. The van der Waals surface area contributed by atoms with E-state index in [-0.39, 0.29) is 0 Å². The molecular formula is C17H16N2O. The summed E-state index contributed by atoms with van der Waals surface area (Å²) in [5.41, 5.74) is 9.95. The Morgan fingerprint density at radius 1 is 1.10 bits per heavy atom. The van der Waals surface area contributed by atoms with E-state index in [4.69, 9.17) is 10.5 Å². The number of nitrogens with zero attached hydrogens (tertiary/aromatic N) is 1. The molecule has 0 saturated heterocycles. The molecule has 2 aromatic carbocycles. The zero-order chi connectivity index (χ0) is 13.9.